The molecule has 4 aromatic rings. The van der Waals surface area contributed by atoms with Crippen molar-refractivity contribution in [1.29, 1.82) is 0 Å². The highest BCUT2D eigenvalue weighted by Crippen LogP contribution is 2.45. The Bertz CT molecular complexity index is 1190. The minimum absolute atomic E-state index is 0.0468. The molecule has 0 atom stereocenters. The Balaban J connectivity index is 1.90. The lowest BCUT2D eigenvalue weighted by atomic mass is 9.67. The molecule has 0 bridgehead atoms. The number of benzene rings is 4. The summed E-state index contributed by atoms with van der Waals surface area (Å²) < 4.78 is 0. The molecular weight excluding hydrogens is 424 g/mol. The summed E-state index contributed by atoms with van der Waals surface area (Å²) in [7, 11) is 0. The fraction of sp³-hybridized carbons (Fsp3) is 0.200. The standard InChI is InChI=1S/C30H30O4/c1-19-16-23(8-14-28(19)33)30(3,24-9-15-29(34)20(2)17-24)18-27(21-4-10-25(31)11-5-21)22-6-12-26(32)13-7-22/h4-17,27,31-34H,18H2,1-3H3. The molecule has 0 fully saturated rings. The fourth-order valence-electron chi connectivity index (χ4n) is 4.65. The number of aryl methyl sites for hydroxylation is 2. The summed E-state index contributed by atoms with van der Waals surface area (Å²) in [6.45, 7) is 5.95. The van der Waals surface area contributed by atoms with Crippen LogP contribution in [-0.4, -0.2) is 20.4 Å². The van der Waals surface area contributed by atoms with Gasteiger partial charge in [-0.2, -0.15) is 0 Å². The SMILES string of the molecule is Cc1cc(C(C)(CC(c2ccc(O)cc2)c2ccc(O)cc2)c2ccc(O)c(C)c2)ccc1O. The molecule has 0 radical (unpaired) electrons. The van der Waals surface area contributed by atoms with E-state index < -0.39 is 5.41 Å². The minimum Gasteiger partial charge on any atom is -0.508 e. The van der Waals surface area contributed by atoms with Gasteiger partial charge >= 0.3 is 0 Å². The van der Waals surface area contributed by atoms with Crippen molar-refractivity contribution < 1.29 is 20.4 Å². The van der Waals surface area contributed by atoms with E-state index in [1.165, 1.54) is 0 Å². The molecule has 34 heavy (non-hydrogen) atoms. The van der Waals surface area contributed by atoms with Crippen LogP contribution >= 0.6 is 0 Å². The first-order valence-electron chi connectivity index (χ1n) is 11.4. The predicted molar refractivity (Wildman–Crippen MR) is 135 cm³/mol. The van der Waals surface area contributed by atoms with Gasteiger partial charge in [0.05, 0.1) is 0 Å². The topological polar surface area (TPSA) is 80.9 Å². The molecule has 0 unspecified atom stereocenters. The number of phenols is 4. The highest BCUT2D eigenvalue weighted by molar-refractivity contribution is 5.49. The van der Waals surface area contributed by atoms with Crippen molar-refractivity contribution >= 4 is 0 Å². The van der Waals surface area contributed by atoms with E-state index in [2.05, 4.69) is 6.92 Å². The molecule has 174 valence electrons. The number of phenolic OH excluding ortho intramolecular Hbond substituents is 4. The third kappa shape index (κ3) is 4.58. The molecule has 0 heterocycles. The first-order chi connectivity index (χ1) is 16.2. The van der Waals surface area contributed by atoms with Crippen LogP contribution in [0.5, 0.6) is 23.0 Å². The van der Waals surface area contributed by atoms with Gasteiger partial charge in [0.25, 0.3) is 0 Å². The van der Waals surface area contributed by atoms with Crippen LogP contribution in [0.3, 0.4) is 0 Å². The normalized spacial score (nSPS) is 11.6. The molecule has 4 nitrogen and oxygen atoms in total. The van der Waals surface area contributed by atoms with Crippen molar-refractivity contribution in [1.82, 2.24) is 0 Å². The third-order valence-electron chi connectivity index (χ3n) is 6.87. The Hall–Kier alpha value is -3.92. The van der Waals surface area contributed by atoms with E-state index >= 15 is 0 Å². The van der Waals surface area contributed by atoms with Gasteiger partial charge in [-0.25, -0.2) is 0 Å². The van der Waals surface area contributed by atoms with Gasteiger partial charge in [0.1, 0.15) is 23.0 Å². The van der Waals surface area contributed by atoms with Crippen LogP contribution in [0.4, 0.5) is 0 Å². The molecule has 0 aliphatic rings. The van der Waals surface area contributed by atoms with Gasteiger partial charge in [0.15, 0.2) is 0 Å². The van der Waals surface area contributed by atoms with E-state index in [1.807, 2.05) is 62.4 Å². The average Bonchev–Trinajstić information content (AvgIpc) is 2.82. The molecule has 0 amide bonds. The van der Waals surface area contributed by atoms with Crippen LogP contribution in [0.15, 0.2) is 84.9 Å². The summed E-state index contributed by atoms with van der Waals surface area (Å²) in [5.74, 6) is 0.871. The number of rotatable bonds is 6. The lowest BCUT2D eigenvalue weighted by Gasteiger charge is -2.36. The minimum atomic E-state index is -0.475. The Morgan fingerprint density at radius 2 is 0.971 bits per heavy atom. The largest absolute Gasteiger partial charge is 0.508 e. The monoisotopic (exact) mass is 454 g/mol. The maximum Gasteiger partial charge on any atom is 0.118 e. The lowest BCUT2D eigenvalue weighted by Crippen LogP contribution is -2.27. The molecule has 0 aromatic heterocycles. The number of aromatic hydroxyl groups is 4. The zero-order valence-electron chi connectivity index (χ0n) is 19.7. The Morgan fingerprint density at radius 3 is 1.32 bits per heavy atom. The molecule has 4 aromatic carbocycles. The van der Waals surface area contributed by atoms with Crippen LogP contribution in [0.1, 0.15) is 52.6 Å². The van der Waals surface area contributed by atoms with Crippen molar-refractivity contribution in [2.24, 2.45) is 0 Å². The average molecular weight is 455 g/mol. The molecule has 4 heteroatoms. The Labute approximate surface area is 200 Å². The molecule has 4 rings (SSSR count). The molecular formula is C30H30O4. The predicted octanol–water partition coefficient (Wildman–Crippen LogP) is 6.65. The van der Waals surface area contributed by atoms with E-state index in [4.69, 9.17) is 0 Å². The van der Waals surface area contributed by atoms with Crippen molar-refractivity contribution in [3.63, 3.8) is 0 Å². The Morgan fingerprint density at radius 1 is 0.588 bits per heavy atom. The zero-order valence-corrected chi connectivity index (χ0v) is 19.7. The summed E-state index contributed by atoms with van der Waals surface area (Å²) in [5.41, 5.74) is 5.31. The van der Waals surface area contributed by atoms with E-state index in [1.54, 1.807) is 36.4 Å². The first kappa shape index (κ1) is 23.2. The summed E-state index contributed by atoms with van der Waals surface area (Å²) in [6, 6.07) is 25.9. The van der Waals surface area contributed by atoms with Gasteiger partial charge in [-0.3, -0.25) is 0 Å². The summed E-state index contributed by atoms with van der Waals surface area (Å²) in [5, 5.41) is 40.1. The van der Waals surface area contributed by atoms with E-state index in [9.17, 15) is 20.4 Å². The van der Waals surface area contributed by atoms with Gasteiger partial charge in [-0.05, 0) is 90.0 Å². The van der Waals surface area contributed by atoms with Crippen molar-refractivity contribution in [2.45, 2.75) is 38.5 Å². The molecule has 0 saturated carbocycles. The van der Waals surface area contributed by atoms with Gasteiger partial charge in [-0.1, -0.05) is 55.5 Å². The van der Waals surface area contributed by atoms with Crippen molar-refractivity contribution in [2.75, 3.05) is 0 Å². The quantitative estimate of drug-likeness (QED) is 0.263. The summed E-state index contributed by atoms with van der Waals surface area (Å²) >= 11 is 0. The van der Waals surface area contributed by atoms with E-state index in [0.717, 1.165) is 33.4 Å². The number of hydrogen-bond acceptors (Lipinski definition) is 4. The van der Waals surface area contributed by atoms with Gasteiger partial charge in [0, 0.05) is 11.3 Å². The lowest BCUT2D eigenvalue weighted by molar-refractivity contribution is 0.459. The molecule has 0 spiro atoms. The summed E-state index contributed by atoms with van der Waals surface area (Å²) in [4.78, 5) is 0. The van der Waals surface area contributed by atoms with Crippen LogP contribution < -0.4 is 0 Å². The first-order valence-corrected chi connectivity index (χ1v) is 11.4. The number of hydrogen-bond donors (Lipinski definition) is 4. The third-order valence-corrected chi connectivity index (χ3v) is 6.87. The smallest absolute Gasteiger partial charge is 0.118 e. The second kappa shape index (κ2) is 9.14. The van der Waals surface area contributed by atoms with Crippen LogP contribution in [0, 0.1) is 13.8 Å². The van der Waals surface area contributed by atoms with E-state index in [0.29, 0.717) is 6.42 Å². The van der Waals surface area contributed by atoms with Gasteiger partial charge in [0.2, 0.25) is 0 Å². The molecule has 4 N–H and O–H groups in total. The fourth-order valence-corrected chi connectivity index (χ4v) is 4.65. The van der Waals surface area contributed by atoms with Gasteiger partial charge in [-0.15, -0.1) is 0 Å². The maximum atomic E-state index is 10.2. The van der Waals surface area contributed by atoms with Crippen LogP contribution in [-0.2, 0) is 5.41 Å². The van der Waals surface area contributed by atoms with Gasteiger partial charge < -0.3 is 20.4 Å². The second-order valence-corrected chi connectivity index (χ2v) is 9.27. The van der Waals surface area contributed by atoms with Crippen molar-refractivity contribution in [3.05, 3.63) is 118 Å². The highest BCUT2D eigenvalue weighted by Gasteiger charge is 2.34. The molecule has 0 aliphatic carbocycles. The summed E-state index contributed by atoms with van der Waals surface area (Å²) in [6.07, 6.45) is 0.678. The second-order valence-electron chi connectivity index (χ2n) is 9.27. The van der Waals surface area contributed by atoms with Crippen LogP contribution in [0.2, 0.25) is 0 Å². The maximum absolute atomic E-state index is 10.2. The van der Waals surface area contributed by atoms with E-state index in [-0.39, 0.29) is 28.9 Å². The van der Waals surface area contributed by atoms with Crippen LogP contribution in [0.25, 0.3) is 0 Å². The molecule has 0 aliphatic heterocycles. The zero-order chi connectivity index (χ0) is 24.5. The Kier molecular flexibility index (Phi) is 6.25. The molecule has 0 saturated heterocycles. The van der Waals surface area contributed by atoms with Crippen molar-refractivity contribution in [3.8, 4) is 23.0 Å². The highest BCUT2D eigenvalue weighted by atomic mass is 16.3.